The third-order valence-electron chi connectivity index (χ3n) is 2.63. The molecule has 3 rings (SSSR count). The van der Waals surface area contributed by atoms with Gasteiger partial charge in [0, 0.05) is 21.7 Å². The zero-order chi connectivity index (χ0) is 14.1. The Balaban J connectivity index is 1.96. The van der Waals surface area contributed by atoms with Crippen LogP contribution in [-0.4, -0.2) is 15.2 Å². The number of nitrogens with two attached hydrogens (primary N) is 1. The lowest BCUT2D eigenvalue weighted by atomic mass is 10.1. The summed E-state index contributed by atoms with van der Waals surface area (Å²) in [6, 6.07) is 7.07. The minimum Gasteiger partial charge on any atom is -0.423 e. The van der Waals surface area contributed by atoms with Crippen LogP contribution in [0.1, 0.15) is 5.56 Å². The van der Waals surface area contributed by atoms with Crippen LogP contribution >= 0.6 is 27.7 Å². The van der Waals surface area contributed by atoms with Crippen LogP contribution in [0, 0.1) is 0 Å². The Morgan fingerprint density at radius 3 is 3.00 bits per heavy atom. The Kier molecular flexibility index (Phi) is 3.49. The number of rotatable bonds is 3. The van der Waals surface area contributed by atoms with Crippen molar-refractivity contribution in [3.8, 4) is 0 Å². The van der Waals surface area contributed by atoms with Gasteiger partial charge in [-0.25, -0.2) is 9.89 Å². The number of benzene rings is 1. The monoisotopic (exact) mass is 352 g/mol. The van der Waals surface area contributed by atoms with Gasteiger partial charge < -0.3 is 10.2 Å². The summed E-state index contributed by atoms with van der Waals surface area (Å²) in [5.74, 6) is 0.829. The number of hydrogen-bond donors (Lipinski definition) is 2. The summed E-state index contributed by atoms with van der Waals surface area (Å²) < 4.78 is 6.05. The highest BCUT2D eigenvalue weighted by Gasteiger charge is 2.08. The molecule has 0 fully saturated rings. The SMILES string of the molecule is Nc1nc(SCc2cc(=O)oc3cc(Br)ccc23)n[nH]1. The van der Waals surface area contributed by atoms with E-state index in [2.05, 4.69) is 31.1 Å². The lowest BCUT2D eigenvalue weighted by Gasteiger charge is -2.04. The molecule has 0 aliphatic rings. The molecule has 2 aromatic heterocycles. The Bertz CT molecular complexity index is 830. The number of halogens is 1. The number of thioether (sulfide) groups is 1. The van der Waals surface area contributed by atoms with E-state index in [0.29, 0.717) is 16.5 Å². The van der Waals surface area contributed by atoms with Crippen LogP contribution < -0.4 is 11.4 Å². The zero-order valence-electron chi connectivity index (χ0n) is 10.1. The predicted octanol–water partition coefficient (Wildman–Crippen LogP) is 2.55. The lowest BCUT2D eigenvalue weighted by Crippen LogP contribution is -2.00. The summed E-state index contributed by atoms with van der Waals surface area (Å²) in [6.45, 7) is 0. The summed E-state index contributed by atoms with van der Waals surface area (Å²) in [6.07, 6.45) is 0. The van der Waals surface area contributed by atoms with Gasteiger partial charge in [-0.1, -0.05) is 27.7 Å². The van der Waals surface area contributed by atoms with E-state index in [9.17, 15) is 4.79 Å². The molecule has 102 valence electrons. The second kappa shape index (κ2) is 5.29. The predicted molar refractivity (Wildman–Crippen MR) is 80.5 cm³/mol. The minimum absolute atomic E-state index is 0.272. The van der Waals surface area contributed by atoms with E-state index in [1.807, 2.05) is 12.1 Å². The van der Waals surface area contributed by atoms with Crippen LogP contribution in [0.25, 0.3) is 11.0 Å². The largest absolute Gasteiger partial charge is 0.423 e. The van der Waals surface area contributed by atoms with Gasteiger partial charge in [0.1, 0.15) is 5.58 Å². The van der Waals surface area contributed by atoms with Gasteiger partial charge in [-0.05, 0) is 23.8 Å². The number of aromatic nitrogens is 3. The fraction of sp³-hybridized carbons (Fsp3) is 0.0833. The number of nitrogen functional groups attached to an aromatic ring is 1. The molecule has 3 aromatic rings. The Labute approximate surface area is 125 Å². The first-order valence-electron chi connectivity index (χ1n) is 5.65. The second-order valence-electron chi connectivity index (χ2n) is 4.02. The van der Waals surface area contributed by atoms with E-state index < -0.39 is 0 Å². The first-order valence-corrected chi connectivity index (χ1v) is 7.42. The first-order chi connectivity index (χ1) is 9.61. The molecule has 0 spiro atoms. The van der Waals surface area contributed by atoms with E-state index in [1.165, 1.54) is 17.8 Å². The van der Waals surface area contributed by atoms with Crippen molar-refractivity contribution in [1.82, 2.24) is 15.2 Å². The maximum Gasteiger partial charge on any atom is 0.336 e. The molecule has 6 nitrogen and oxygen atoms in total. The minimum atomic E-state index is -0.374. The number of anilines is 1. The van der Waals surface area contributed by atoms with Crippen LogP contribution in [0.4, 0.5) is 5.95 Å². The lowest BCUT2D eigenvalue weighted by molar-refractivity contribution is 0.559. The van der Waals surface area contributed by atoms with Crippen LogP contribution in [-0.2, 0) is 5.75 Å². The molecule has 2 heterocycles. The first kappa shape index (κ1) is 13.2. The maximum absolute atomic E-state index is 11.6. The number of H-pyrrole nitrogens is 1. The smallest absolute Gasteiger partial charge is 0.336 e. The summed E-state index contributed by atoms with van der Waals surface area (Å²) in [7, 11) is 0. The number of nitrogens with zero attached hydrogens (tertiary/aromatic N) is 2. The average Bonchev–Trinajstić information content (AvgIpc) is 2.81. The van der Waals surface area contributed by atoms with Crippen LogP contribution in [0.15, 0.2) is 43.1 Å². The molecule has 0 saturated heterocycles. The molecule has 0 unspecified atom stereocenters. The fourth-order valence-electron chi connectivity index (χ4n) is 1.79. The van der Waals surface area contributed by atoms with Gasteiger partial charge >= 0.3 is 5.63 Å². The molecule has 8 heteroatoms. The van der Waals surface area contributed by atoms with Crippen molar-refractivity contribution >= 4 is 44.6 Å². The van der Waals surface area contributed by atoms with Crippen molar-refractivity contribution in [2.24, 2.45) is 0 Å². The van der Waals surface area contributed by atoms with E-state index in [1.54, 1.807) is 6.07 Å². The standard InChI is InChI=1S/C12H9BrN4O2S/c13-7-1-2-8-6(3-10(18)19-9(8)4-7)5-20-12-15-11(14)16-17-12/h1-4H,5H2,(H3,14,15,16,17). The van der Waals surface area contributed by atoms with E-state index in [4.69, 9.17) is 10.2 Å². The van der Waals surface area contributed by atoms with Crippen molar-refractivity contribution in [2.75, 3.05) is 5.73 Å². The highest BCUT2D eigenvalue weighted by Crippen LogP contribution is 2.26. The molecule has 20 heavy (non-hydrogen) atoms. The van der Waals surface area contributed by atoms with Crippen LogP contribution in [0.5, 0.6) is 0 Å². The summed E-state index contributed by atoms with van der Waals surface area (Å²) in [4.78, 5) is 15.6. The van der Waals surface area contributed by atoms with Crippen LogP contribution in [0.2, 0.25) is 0 Å². The number of hydrogen-bond acceptors (Lipinski definition) is 6. The molecule has 0 bridgehead atoms. The summed E-state index contributed by atoms with van der Waals surface area (Å²) in [5.41, 5.74) is 6.52. The van der Waals surface area contributed by atoms with Gasteiger partial charge in [-0.2, -0.15) is 4.98 Å². The quantitative estimate of drug-likeness (QED) is 0.555. The number of fused-ring (bicyclic) bond motifs is 1. The molecule has 0 radical (unpaired) electrons. The summed E-state index contributed by atoms with van der Waals surface area (Å²) >= 11 is 4.75. The van der Waals surface area contributed by atoms with E-state index >= 15 is 0 Å². The van der Waals surface area contributed by atoms with Gasteiger partial charge in [-0.3, -0.25) is 0 Å². The van der Waals surface area contributed by atoms with Crippen molar-refractivity contribution in [2.45, 2.75) is 10.9 Å². The van der Waals surface area contributed by atoms with Gasteiger partial charge in [0.15, 0.2) is 0 Å². The normalized spacial score (nSPS) is 11.1. The van der Waals surface area contributed by atoms with Crippen molar-refractivity contribution in [3.63, 3.8) is 0 Å². The zero-order valence-corrected chi connectivity index (χ0v) is 12.5. The third kappa shape index (κ3) is 2.70. The topological polar surface area (TPSA) is 97.8 Å². The Morgan fingerprint density at radius 1 is 1.40 bits per heavy atom. The molecule has 3 N–H and O–H groups in total. The Morgan fingerprint density at radius 2 is 2.25 bits per heavy atom. The molecular formula is C12H9BrN4O2S. The van der Waals surface area contributed by atoms with Gasteiger partial charge in [0.25, 0.3) is 0 Å². The highest BCUT2D eigenvalue weighted by atomic mass is 79.9. The van der Waals surface area contributed by atoms with Gasteiger partial charge in [0.2, 0.25) is 11.1 Å². The van der Waals surface area contributed by atoms with Crippen LogP contribution in [0.3, 0.4) is 0 Å². The van der Waals surface area contributed by atoms with Gasteiger partial charge in [-0.15, -0.1) is 5.10 Å². The molecule has 0 saturated carbocycles. The summed E-state index contributed by atoms with van der Waals surface area (Å²) in [5, 5.41) is 7.95. The highest BCUT2D eigenvalue weighted by molar-refractivity contribution is 9.10. The number of aromatic amines is 1. The average molecular weight is 353 g/mol. The number of nitrogens with one attached hydrogen (secondary N) is 1. The fourth-order valence-corrected chi connectivity index (χ4v) is 2.92. The maximum atomic E-state index is 11.6. The van der Waals surface area contributed by atoms with E-state index in [0.717, 1.165) is 15.4 Å². The van der Waals surface area contributed by atoms with Crippen molar-refractivity contribution < 1.29 is 4.42 Å². The molecular weight excluding hydrogens is 344 g/mol. The molecule has 0 aliphatic heterocycles. The van der Waals surface area contributed by atoms with Crippen molar-refractivity contribution in [3.05, 3.63) is 44.7 Å². The second-order valence-corrected chi connectivity index (χ2v) is 5.88. The molecule has 0 amide bonds. The van der Waals surface area contributed by atoms with E-state index in [-0.39, 0.29) is 11.6 Å². The van der Waals surface area contributed by atoms with Gasteiger partial charge in [0.05, 0.1) is 0 Å². The third-order valence-corrected chi connectivity index (χ3v) is 4.02. The molecule has 0 atom stereocenters. The molecule has 0 aliphatic carbocycles. The Hall–Kier alpha value is -1.80. The van der Waals surface area contributed by atoms with Crippen molar-refractivity contribution in [1.29, 1.82) is 0 Å². The molecule has 1 aromatic carbocycles.